The monoisotopic (exact) mass is 291 g/mol. The summed E-state index contributed by atoms with van der Waals surface area (Å²) in [4.78, 5) is 2.39. The minimum Gasteiger partial charge on any atom is -0.369 e. The second-order valence-electron chi connectivity index (χ2n) is 5.72. The van der Waals surface area contributed by atoms with E-state index in [9.17, 15) is 8.78 Å². The Kier molecular flexibility index (Phi) is 3.66. The van der Waals surface area contributed by atoms with Gasteiger partial charge in [0.25, 0.3) is 0 Å². The van der Waals surface area contributed by atoms with E-state index < -0.39 is 6.55 Å². The molecule has 2 aromatic rings. The van der Waals surface area contributed by atoms with Gasteiger partial charge in [0.2, 0.25) is 0 Å². The molecule has 1 aliphatic rings. The number of aryl methyl sites for hydroxylation is 1. The number of rotatable bonds is 3. The zero-order valence-corrected chi connectivity index (χ0v) is 12.3. The maximum Gasteiger partial charge on any atom is 0.333 e. The predicted molar refractivity (Wildman–Crippen MR) is 79.7 cm³/mol. The second kappa shape index (κ2) is 5.47. The van der Waals surface area contributed by atoms with Gasteiger partial charge in [0.1, 0.15) is 0 Å². The van der Waals surface area contributed by atoms with Crippen LogP contribution in [0.2, 0.25) is 0 Å². The molecule has 1 aromatic heterocycles. The molecule has 0 fully saturated rings. The summed E-state index contributed by atoms with van der Waals surface area (Å²) in [7, 11) is 0. The van der Waals surface area contributed by atoms with Gasteiger partial charge in [0.15, 0.2) is 0 Å². The Hall–Kier alpha value is -1.91. The van der Waals surface area contributed by atoms with Crippen molar-refractivity contribution in [2.24, 2.45) is 0 Å². The number of aromatic nitrogens is 2. The van der Waals surface area contributed by atoms with Crippen LogP contribution < -0.4 is 4.90 Å². The summed E-state index contributed by atoms with van der Waals surface area (Å²) in [5, 5.41) is 3.70. The molecule has 0 N–H and O–H groups in total. The highest BCUT2D eigenvalue weighted by Crippen LogP contribution is 2.32. The molecule has 2 heterocycles. The van der Waals surface area contributed by atoms with Gasteiger partial charge in [-0.25, -0.2) is 4.68 Å². The average Bonchev–Trinajstić information content (AvgIpc) is 2.96. The Balaban J connectivity index is 1.95. The minimum absolute atomic E-state index is 0.469. The van der Waals surface area contributed by atoms with Gasteiger partial charge in [-0.2, -0.15) is 13.9 Å². The molecule has 1 aliphatic heterocycles. The van der Waals surface area contributed by atoms with E-state index in [4.69, 9.17) is 0 Å². The number of nitrogens with zero attached hydrogens (tertiary/aromatic N) is 3. The van der Waals surface area contributed by atoms with Crippen molar-refractivity contribution >= 4 is 5.69 Å². The van der Waals surface area contributed by atoms with E-state index in [1.165, 1.54) is 23.6 Å². The van der Waals surface area contributed by atoms with Gasteiger partial charge < -0.3 is 4.90 Å². The standard InChI is InChI=1S/C16H19F2N3/c1-11(2)20-7-3-4-13-8-12(5-6-15(13)20)14-9-19-21(10-14)16(17)18/h5-6,8-11,16H,3-4,7H2,1-2H3. The van der Waals surface area contributed by atoms with Gasteiger partial charge in [0, 0.05) is 30.0 Å². The van der Waals surface area contributed by atoms with E-state index in [0.717, 1.165) is 30.5 Å². The van der Waals surface area contributed by atoms with Crippen LogP contribution in [0.15, 0.2) is 30.6 Å². The van der Waals surface area contributed by atoms with Gasteiger partial charge in [-0.05, 0) is 49.9 Å². The second-order valence-corrected chi connectivity index (χ2v) is 5.72. The van der Waals surface area contributed by atoms with Gasteiger partial charge in [-0.15, -0.1) is 0 Å². The molecule has 3 rings (SSSR count). The maximum atomic E-state index is 12.6. The molecule has 0 radical (unpaired) electrons. The summed E-state index contributed by atoms with van der Waals surface area (Å²) in [6.07, 6.45) is 5.06. The van der Waals surface area contributed by atoms with Gasteiger partial charge in [-0.3, -0.25) is 0 Å². The van der Waals surface area contributed by atoms with Gasteiger partial charge in [0.05, 0.1) is 6.20 Å². The van der Waals surface area contributed by atoms with Crippen LogP contribution in [0.25, 0.3) is 11.1 Å². The van der Waals surface area contributed by atoms with E-state index >= 15 is 0 Å². The van der Waals surface area contributed by atoms with E-state index in [1.807, 2.05) is 6.07 Å². The molecular weight excluding hydrogens is 272 g/mol. The Bertz CT molecular complexity index is 634. The number of alkyl halides is 2. The van der Waals surface area contributed by atoms with Crippen LogP contribution in [0.5, 0.6) is 0 Å². The Morgan fingerprint density at radius 2 is 2.00 bits per heavy atom. The SMILES string of the molecule is CC(C)N1CCCc2cc(-c3cnn(C(F)F)c3)ccc21. The van der Waals surface area contributed by atoms with E-state index in [-0.39, 0.29) is 0 Å². The summed E-state index contributed by atoms with van der Waals surface area (Å²) in [6, 6.07) is 6.67. The molecule has 0 bridgehead atoms. The molecular formula is C16H19F2N3. The fraction of sp³-hybridized carbons (Fsp3) is 0.438. The predicted octanol–water partition coefficient (Wildman–Crippen LogP) is 4.11. The molecule has 21 heavy (non-hydrogen) atoms. The average molecular weight is 291 g/mol. The molecule has 0 amide bonds. The van der Waals surface area contributed by atoms with Crippen molar-refractivity contribution in [1.82, 2.24) is 9.78 Å². The fourth-order valence-electron chi connectivity index (χ4n) is 2.94. The molecule has 1 aromatic carbocycles. The van der Waals surface area contributed by atoms with Crippen LogP contribution in [-0.4, -0.2) is 22.4 Å². The topological polar surface area (TPSA) is 21.1 Å². The summed E-state index contributed by atoms with van der Waals surface area (Å²) in [5.74, 6) is 0. The highest BCUT2D eigenvalue weighted by molar-refractivity contribution is 5.69. The first-order valence-electron chi connectivity index (χ1n) is 7.28. The van der Waals surface area contributed by atoms with Crippen LogP contribution in [0.4, 0.5) is 14.5 Å². The van der Waals surface area contributed by atoms with Crippen molar-refractivity contribution in [1.29, 1.82) is 0 Å². The van der Waals surface area contributed by atoms with Crippen molar-refractivity contribution in [3.63, 3.8) is 0 Å². The van der Waals surface area contributed by atoms with Crippen molar-refractivity contribution in [2.45, 2.75) is 39.3 Å². The van der Waals surface area contributed by atoms with E-state index in [0.29, 0.717) is 10.7 Å². The highest BCUT2D eigenvalue weighted by Gasteiger charge is 2.19. The molecule has 0 spiro atoms. The zero-order valence-electron chi connectivity index (χ0n) is 12.3. The first kappa shape index (κ1) is 14.0. The van der Waals surface area contributed by atoms with E-state index in [2.05, 4.69) is 36.0 Å². The lowest BCUT2D eigenvalue weighted by molar-refractivity contribution is 0.0566. The molecule has 0 unspecified atom stereocenters. The summed E-state index contributed by atoms with van der Waals surface area (Å²) in [6.45, 7) is 2.87. The lowest BCUT2D eigenvalue weighted by atomic mass is 9.96. The largest absolute Gasteiger partial charge is 0.369 e. The van der Waals surface area contributed by atoms with Gasteiger partial charge in [-0.1, -0.05) is 6.07 Å². The molecule has 0 saturated heterocycles. The lowest BCUT2D eigenvalue weighted by Gasteiger charge is -2.34. The highest BCUT2D eigenvalue weighted by atomic mass is 19.3. The van der Waals surface area contributed by atoms with Crippen LogP contribution in [0, 0.1) is 0 Å². The van der Waals surface area contributed by atoms with Crippen LogP contribution in [0.1, 0.15) is 32.4 Å². The molecule has 112 valence electrons. The number of benzene rings is 1. The van der Waals surface area contributed by atoms with Crippen LogP contribution >= 0.6 is 0 Å². The third-order valence-electron chi connectivity index (χ3n) is 3.99. The summed E-state index contributed by atoms with van der Waals surface area (Å²) < 4.78 is 25.9. The Morgan fingerprint density at radius 1 is 1.19 bits per heavy atom. The zero-order chi connectivity index (χ0) is 15.0. The summed E-state index contributed by atoms with van der Waals surface area (Å²) in [5.41, 5.74) is 4.24. The van der Waals surface area contributed by atoms with E-state index in [1.54, 1.807) is 0 Å². The number of anilines is 1. The first-order chi connectivity index (χ1) is 10.1. The lowest BCUT2D eigenvalue weighted by Crippen LogP contribution is -2.35. The maximum absolute atomic E-state index is 12.6. The fourth-order valence-corrected chi connectivity index (χ4v) is 2.94. The smallest absolute Gasteiger partial charge is 0.333 e. The van der Waals surface area contributed by atoms with Crippen molar-refractivity contribution in [3.05, 3.63) is 36.2 Å². The Morgan fingerprint density at radius 3 is 2.67 bits per heavy atom. The number of fused-ring (bicyclic) bond motifs is 1. The first-order valence-corrected chi connectivity index (χ1v) is 7.28. The molecule has 0 saturated carbocycles. The Labute approximate surface area is 123 Å². The van der Waals surface area contributed by atoms with Crippen molar-refractivity contribution in [3.8, 4) is 11.1 Å². The number of hydrogen-bond donors (Lipinski definition) is 0. The normalized spacial score (nSPS) is 14.9. The molecule has 3 nitrogen and oxygen atoms in total. The van der Waals surface area contributed by atoms with Crippen LogP contribution in [0.3, 0.4) is 0 Å². The minimum atomic E-state index is -2.59. The number of halogens is 2. The quantitative estimate of drug-likeness (QED) is 0.848. The van der Waals surface area contributed by atoms with Crippen LogP contribution in [-0.2, 0) is 6.42 Å². The molecule has 5 heteroatoms. The third-order valence-corrected chi connectivity index (χ3v) is 3.99. The van der Waals surface area contributed by atoms with Crippen molar-refractivity contribution in [2.75, 3.05) is 11.4 Å². The molecule has 0 aliphatic carbocycles. The number of hydrogen-bond acceptors (Lipinski definition) is 2. The summed E-state index contributed by atoms with van der Waals surface area (Å²) >= 11 is 0. The molecule has 0 atom stereocenters. The van der Waals surface area contributed by atoms with Gasteiger partial charge >= 0.3 is 6.55 Å². The third kappa shape index (κ3) is 2.64. The van der Waals surface area contributed by atoms with Crippen molar-refractivity contribution < 1.29 is 8.78 Å².